The van der Waals surface area contributed by atoms with Gasteiger partial charge in [0.05, 0.1) is 23.1 Å². The average Bonchev–Trinajstić information content (AvgIpc) is 2.56. The number of ether oxygens (including phenoxy) is 1. The molecule has 0 aliphatic heterocycles. The van der Waals surface area contributed by atoms with Crippen LogP contribution in [0.4, 0.5) is 14.5 Å². The number of hydrogen-bond donors (Lipinski definition) is 1. The first kappa shape index (κ1) is 18.1. The first-order valence-electron chi connectivity index (χ1n) is 6.41. The van der Waals surface area contributed by atoms with E-state index in [1.807, 2.05) is 0 Å². The Balaban J connectivity index is 2.49. The number of benzene rings is 2. The van der Waals surface area contributed by atoms with Crippen LogP contribution in [0.15, 0.2) is 41.3 Å². The van der Waals surface area contributed by atoms with Crippen molar-refractivity contribution in [2.75, 3.05) is 0 Å². The van der Waals surface area contributed by atoms with Crippen LogP contribution in [0.1, 0.15) is 5.56 Å². The van der Waals surface area contributed by atoms with Crippen molar-refractivity contribution < 1.29 is 27.0 Å². The summed E-state index contributed by atoms with van der Waals surface area (Å²) in [6.45, 7) is 6.07. The minimum absolute atomic E-state index is 0.0314. The summed E-state index contributed by atoms with van der Waals surface area (Å²) in [4.78, 5) is 2.47. The van der Waals surface area contributed by atoms with Gasteiger partial charge in [-0.2, -0.15) is 8.78 Å². The van der Waals surface area contributed by atoms with Crippen LogP contribution in [0.25, 0.3) is 4.85 Å². The molecule has 0 heterocycles. The Morgan fingerprint density at radius 1 is 1.29 bits per heavy atom. The van der Waals surface area contributed by atoms with Crippen molar-refractivity contribution in [1.29, 1.82) is 0 Å². The third-order valence-electron chi connectivity index (χ3n) is 3.04. The fourth-order valence-corrected chi connectivity index (χ4v) is 3.19. The fraction of sp³-hybridized carbons (Fsp3) is 0.133. The Kier molecular flexibility index (Phi) is 5.39. The number of aliphatic hydroxyl groups is 1. The highest BCUT2D eigenvalue weighted by Crippen LogP contribution is 2.37. The monoisotopic (exact) mass is 373 g/mol. The molecule has 0 aliphatic carbocycles. The maximum absolute atomic E-state index is 12.7. The van der Waals surface area contributed by atoms with Crippen molar-refractivity contribution in [2.45, 2.75) is 17.3 Å². The second kappa shape index (κ2) is 7.13. The molecule has 0 saturated carbocycles. The van der Waals surface area contributed by atoms with Crippen LogP contribution in [0.2, 0.25) is 5.02 Å². The topological polar surface area (TPSA) is 68.0 Å². The van der Waals surface area contributed by atoms with E-state index in [1.54, 1.807) is 12.1 Å². The van der Waals surface area contributed by atoms with Gasteiger partial charge in [-0.15, -0.1) is 0 Å². The van der Waals surface area contributed by atoms with Crippen LogP contribution in [0.3, 0.4) is 0 Å². The average molecular weight is 374 g/mol. The zero-order chi connectivity index (χ0) is 17.9. The van der Waals surface area contributed by atoms with Crippen LogP contribution in [-0.2, 0) is 16.4 Å². The largest absolute Gasteiger partial charge is 0.457 e. The predicted octanol–water partition coefficient (Wildman–Crippen LogP) is 4.17. The molecule has 126 valence electrons. The molecule has 2 rings (SSSR count). The van der Waals surface area contributed by atoms with Crippen molar-refractivity contribution in [3.63, 3.8) is 0 Å². The first-order valence-corrected chi connectivity index (χ1v) is 8.33. The van der Waals surface area contributed by atoms with Gasteiger partial charge >= 0.3 is 5.76 Å². The van der Waals surface area contributed by atoms with Gasteiger partial charge in [-0.3, -0.25) is 0 Å². The summed E-state index contributed by atoms with van der Waals surface area (Å²) in [5, 5.41) is 9.03. The molecule has 0 radical (unpaired) electrons. The van der Waals surface area contributed by atoms with Gasteiger partial charge in [0.1, 0.15) is 11.5 Å². The molecule has 1 N–H and O–H groups in total. The Hall–Kier alpha value is -2.21. The van der Waals surface area contributed by atoms with E-state index < -0.39 is 27.1 Å². The number of alkyl halides is 2. The molecule has 0 amide bonds. The SMILES string of the molecule is [C-]#[N+]c1cccc(Oc2ccc(S(=O)(=O)C(F)F)c(CO)c2Cl)c1. The van der Waals surface area contributed by atoms with Gasteiger partial charge in [-0.25, -0.2) is 13.3 Å². The molecule has 0 atom stereocenters. The van der Waals surface area contributed by atoms with E-state index in [2.05, 4.69) is 4.85 Å². The molecule has 0 spiro atoms. The molecule has 2 aromatic carbocycles. The minimum Gasteiger partial charge on any atom is -0.457 e. The highest BCUT2D eigenvalue weighted by molar-refractivity contribution is 7.91. The van der Waals surface area contributed by atoms with Crippen molar-refractivity contribution in [2.24, 2.45) is 0 Å². The third-order valence-corrected chi connectivity index (χ3v) is 4.92. The summed E-state index contributed by atoms with van der Waals surface area (Å²) in [5.74, 6) is -3.42. The van der Waals surface area contributed by atoms with Gasteiger partial charge < -0.3 is 9.84 Å². The third kappa shape index (κ3) is 3.48. The normalized spacial score (nSPS) is 11.3. The van der Waals surface area contributed by atoms with Gasteiger partial charge in [-0.05, 0) is 24.3 Å². The molecule has 5 nitrogen and oxygen atoms in total. The van der Waals surface area contributed by atoms with Crippen molar-refractivity contribution in [3.8, 4) is 11.5 Å². The van der Waals surface area contributed by atoms with Gasteiger partial charge in [0, 0.05) is 5.56 Å². The van der Waals surface area contributed by atoms with Crippen molar-refractivity contribution in [3.05, 3.63) is 58.4 Å². The Bertz CT molecular complexity index is 910. The number of halogens is 3. The van der Waals surface area contributed by atoms with E-state index in [4.69, 9.17) is 22.9 Å². The number of aliphatic hydroxyl groups excluding tert-OH is 1. The van der Waals surface area contributed by atoms with Gasteiger partial charge in [0.2, 0.25) is 9.84 Å². The zero-order valence-corrected chi connectivity index (χ0v) is 13.5. The molecule has 0 unspecified atom stereocenters. The summed E-state index contributed by atoms with van der Waals surface area (Å²) in [6.07, 6.45) is 0. The highest BCUT2D eigenvalue weighted by atomic mass is 35.5. The van der Waals surface area contributed by atoms with Gasteiger partial charge in [0.15, 0.2) is 5.69 Å². The number of nitrogens with zero attached hydrogens (tertiary/aromatic N) is 1. The molecule has 2 aromatic rings. The molecule has 0 saturated heterocycles. The van der Waals surface area contributed by atoms with E-state index >= 15 is 0 Å². The van der Waals surface area contributed by atoms with Crippen LogP contribution >= 0.6 is 11.6 Å². The summed E-state index contributed by atoms with van der Waals surface area (Å²) in [7, 11) is -4.92. The lowest BCUT2D eigenvalue weighted by Gasteiger charge is -2.14. The summed E-state index contributed by atoms with van der Waals surface area (Å²) in [6, 6.07) is 8.09. The molecule has 0 bridgehead atoms. The lowest BCUT2D eigenvalue weighted by atomic mass is 10.2. The van der Waals surface area contributed by atoms with E-state index in [0.717, 1.165) is 12.1 Å². The summed E-state index contributed by atoms with van der Waals surface area (Å²) >= 11 is 5.99. The fourth-order valence-electron chi connectivity index (χ4n) is 1.91. The standard InChI is InChI=1S/C15H10ClF2NO4S/c1-19-9-3-2-4-10(7-9)23-12-5-6-13(11(8-20)14(12)16)24(21,22)15(17)18/h2-7,15,20H,8H2. The smallest absolute Gasteiger partial charge is 0.341 e. The van der Waals surface area contributed by atoms with E-state index in [9.17, 15) is 22.3 Å². The molecule has 0 aromatic heterocycles. The lowest BCUT2D eigenvalue weighted by molar-refractivity contribution is 0.233. The summed E-state index contributed by atoms with van der Waals surface area (Å²) in [5.41, 5.74) is -0.0706. The van der Waals surface area contributed by atoms with E-state index in [0.29, 0.717) is 5.69 Å². The first-order chi connectivity index (χ1) is 11.3. The molecular weight excluding hydrogens is 364 g/mol. The number of sulfone groups is 1. The van der Waals surface area contributed by atoms with E-state index in [-0.39, 0.29) is 22.1 Å². The van der Waals surface area contributed by atoms with Crippen LogP contribution in [0.5, 0.6) is 11.5 Å². The Labute approximate surface area is 141 Å². The minimum atomic E-state index is -4.92. The second-order valence-electron chi connectivity index (χ2n) is 4.53. The highest BCUT2D eigenvalue weighted by Gasteiger charge is 2.31. The Morgan fingerprint density at radius 2 is 2.00 bits per heavy atom. The van der Waals surface area contributed by atoms with Crippen LogP contribution in [-0.4, -0.2) is 19.3 Å². The van der Waals surface area contributed by atoms with E-state index in [1.165, 1.54) is 12.1 Å². The molecule has 24 heavy (non-hydrogen) atoms. The lowest BCUT2D eigenvalue weighted by Crippen LogP contribution is -2.14. The number of rotatable bonds is 5. The zero-order valence-electron chi connectivity index (χ0n) is 11.9. The predicted molar refractivity (Wildman–Crippen MR) is 83.3 cm³/mol. The maximum Gasteiger partial charge on any atom is 0.341 e. The summed E-state index contributed by atoms with van der Waals surface area (Å²) < 4.78 is 54.1. The molecule has 0 fully saturated rings. The number of hydrogen-bond acceptors (Lipinski definition) is 4. The maximum atomic E-state index is 12.7. The molecule has 0 aliphatic rings. The quantitative estimate of drug-likeness (QED) is 0.799. The second-order valence-corrected chi connectivity index (χ2v) is 6.79. The van der Waals surface area contributed by atoms with Crippen molar-refractivity contribution >= 4 is 27.1 Å². The molecule has 9 heteroatoms. The van der Waals surface area contributed by atoms with Crippen molar-refractivity contribution in [1.82, 2.24) is 0 Å². The van der Waals surface area contributed by atoms with Crippen LogP contribution in [0, 0.1) is 6.57 Å². The van der Waals surface area contributed by atoms with Gasteiger partial charge in [-0.1, -0.05) is 23.7 Å². The molecular formula is C15H10ClF2NO4S. The Morgan fingerprint density at radius 3 is 2.58 bits per heavy atom. The van der Waals surface area contributed by atoms with Gasteiger partial charge in [0.25, 0.3) is 0 Å². The van der Waals surface area contributed by atoms with Crippen LogP contribution < -0.4 is 4.74 Å².